The molecule has 0 spiro atoms. The molecular weight excluding hydrogens is 224 g/mol. The maximum Gasteiger partial charge on any atom is 0.410 e. The van der Waals surface area contributed by atoms with Crippen molar-refractivity contribution >= 4 is 12.1 Å². The van der Waals surface area contributed by atoms with Gasteiger partial charge < -0.3 is 15.2 Å². The fraction of sp³-hybridized carbons (Fsp3) is 0.818. The van der Waals surface area contributed by atoms with Crippen molar-refractivity contribution in [3.63, 3.8) is 0 Å². The Bertz CT molecular complexity index is 273. The van der Waals surface area contributed by atoms with Gasteiger partial charge in [-0.05, 0) is 32.9 Å². The summed E-state index contributed by atoms with van der Waals surface area (Å²) in [5, 5.41) is 10.7. The largest absolute Gasteiger partial charge is 0.481 e. The van der Waals surface area contributed by atoms with Crippen LogP contribution in [0.25, 0.3) is 0 Å². The second-order valence-electron chi connectivity index (χ2n) is 4.33. The van der Waals surface area contributed by atoms with Gasteiger partial charge in [-0.15, -0.1) is 0 Å². The SMILES string of the molecule is CC(=O)O.C[C@H]1COC(=O)N1C1CCNCC1. The maximum atomic E-state index is 11.4. The third-order valence-electron chi connectivity index (χ3n) is 2.84. The summed E-state index contributed by atoms with van der Waals surface area (Å²) in [6.45, 7) is 5.72. The minimum Gasteiger partial charge on any atom is -0.481 e. The Morgan fingerprint density at radius 1 is 1.47 bits per heavy atom. The molecule has 6 heteroatoms. The number of nitrogens with zero attached hydrogens (tertiary/aromatic N) is 1. The Balaban J connectivity index is 0.000000317. The summed E-state index contributed by atoms with van der Waals surface area (Å²) >= 11 is 0. The normalized spacial score (nSPS) is 24.9. The first-order valence-corrected chi connectivity index (χ1v) is 5.87. The first-order valence-electron chi connectivity index (χ1n) is 5.87. The zero-order chi connectivity index (χ0) is 12.8. The van der Waals surface area contributed by atoms with E-state index in [1.807, 2.05) is 11.8 Å². The van der Waals surface area contributed by atoms with E-state index in [4.69, 9.17) is 14.6 Å². The van der Waals surface area contributed by atoms with Crippen LogP contribution in [0, 0.1) is 0 Å². The maximum absolute atomic E-state index is 11.4. The van der Waals surface area contributed by atoms with E-state index in [9.17, 15) is 4.79 Å². The van der Waals surface area contributed by atoms with Crippen LogP contribution in [0.2, 0.25) is 0 Å². The van der Waals surface area contributed by atoms with E-state index in [1.165, 1.54) is 0 Å². The number of rotatable bonds is 1. The molecule has 0 aromatic carbocycles. The first-order chi connectivity index (χ1) is 8.02. The molecule has 0 bridgehead atoms. The average molecular weight is 244 g/mol. The second-order valence-corrected chi connectivity index (χ2v) is 4.33. The van der Waals surface area contributed by atoms with E-state index < -0.39 is 5.97 Å². The number of aliphatic carboxylic acids is 1. The highest BCUT2D eigenvalue weighted by Crippen LogP contribution is 2.20. The lowest BCUT2D eigenvalue weighted by molar-refractivity contribution is -0.134. The summed E-state index contributed by atoms with van der Waals surface area (Å²) < 4.78 is 5.00. The molecule has 2 rings (SSSR count). The molecule has 6 nitrogen and oxygen atoms in total. The number of hydrogen-bond donors (Lipinski definition) is 2. The highest BCUT2D eigenvalue weighted by atomic mass is 16.6. The van der Waals surface area contributed by atoms with Crippen LogP contribution >= 0.6 is 0 Å². The smallest absolute Gasteiger partial charge is 0.410 e. The van der Waals surface area contributed by atoms with Crippen LogP contribution in [-0.2, 0) is 9.53 Å². The minimum atomic E-state index is -0.833. The summed E-state index contributed by atoms with van der Waals surface area (Å²) in [6.07, 6.45) is 1.98. The van der Waals surface area contributed by atoms with Crippen molar-refractivity contribution in [3.8, 4) is 0 Å². The molecule has 0 saturated carbocycles. The zero-order valence-corrected chi connectivity index (χ0v) is 10.3. The van der Waals surface area contributed by atoms with Crippen molar-refractivity contribution < 1.29 is 19.4 Å². The number of carboxylic acid groups (broad SMARTS) is 1. The van der Waals surface area contributed by atoms with Crippen LogP contribution in [0.15, 0.2) is 0 Å². The van der Waals surface area contributed by atoms with Crippen molar-refractivity contribution in [3.05, 3.63) is 0 Å². The van der Waals surface area contributed by atoms with Gasteiger partial charge >= 0.3 is 6.09 Å². The standard InChI is InChI=1S/C9H16N2O2.C2H4O2/c1-7-6-13-9(12)11(7)8-2-4-10-5-3-8;1-2(3)4/h7-8,10H,2-6H2,1H3;1H3,(H,3,4)/t7-;/m0./s1. The van der Waals surface area contributed by atoms with Crippen molar-refractivity contribution in [2.45, 2.75) is 38.8 Å². The van der Waals surface area contributed by atoms with Gasteiger partial charge in [-0.1, -0.05) is 0 Å². The zero-order valence-electron chi connectivity index (χ0n) is 10.3. The highest BCUT2D eigenvalue weighted by molar-refractivity contribution is 5.70. The molecular formula is C11H20N2O4. The lowest BCUT2D eigenvalue weighted by Crippen LogP contribution is -2.46. The number of nitrogens with one attached hydrogen (secondary N) is 1. The Labute approximate surface area is 101 Å². The molecule has 1 atom stereocenters. The lowest BCUT2D eigenvalue weighted by atomic mass is 10.0. The predicted molar refractivity (Wildman–Crippen MR) is 61.9 cm³/mol. The van der Waals surface area contributed by atoms with Gasteiger partial charge in [-0.25, -0.2) is 4.79 Å². The van der Waals surface area contributed by atoms with Crippen molar-refractivity contribution in [2.75, 3.05) is 19.7 Å². The van der Waals surface area contributed by atoms with Gasteiger partial charge in [0.2, 0.25) is 0 Å². The Kier molecular flexibility index (Phi) is 5.21. The van der Waals surface area contributed by atoms with Crippen LogP contribution in [0.4, 0.5) is 4.79 Å². The van der Waals surface area contributed by atoms with Gasteiger partial charge in [0, 0.05) is 13.0 Å². The van der Waals surface area contributed by atoms with Gasteiger partial charge in [0.25, 0.3) is 5.97 Å². The fourth-order valence-corrected chi connectivity index (χ4v) is 2.12. The van der Waals surface area contributed by atoms with E-state index in [1.54, 1.807) is 0 Å². The molecule has 2 N–H and O–H groups in total. The van der Waals surface area contributed by atoms with Crippen LogP contribution in [0.3, 0.4) is 0 Å². The van der Waals surface area contributed by atoms with Gasteiger partial charge in [0.15, 0.2) is 0 Å². The second kappa shape index (κ2) is 6.44. The quantitative estimate of drug-likeness (QED) is 0.708. The summed E-state index contributed by atoms with van der Waals surface area (Å²) in [6, 6.07) is 0.654. The molecule has 0 radical (unpaired) electrons. The van der Waals surface area contributed by atoms with Gasteiger partial charge in [-0.2, -0.15) is 0 Å². The van der Waals surface area contributed by atoms with Gasteiger partial charge in [-0.3, -0.25) is 9.69 Å². The van der Waals surface area contributed by atoms with Crippen molar-refractivity contribution in [2.24, 2.45) is 0 Å². The molecule has 2 aliphatic rings. The number of ether oxygens (including phenoxy) is 1. The van der Waals surface area contributed by atoms with Crippen molar-refractivity contribution in [1.29, 1.82) is 0 Å². The van der Waals surface area contributed by atoms with E-state index in [-0.39, 0.29) is 12.1 Å². The highest BCUT2D eigenvalue weighted by Gasteiger charge is 2.35. The molecule has 0 aliphatic carbocycles. The minimum absolute atomic E-state index is 0.126. The third-order valence-corrected chi connectivity index (χ3v) is 2.84. The van der Waals surface area contributed by atoms with E-state index >= 15 is 0 Å². The van der Waals surface area contributed by atoms with Crippen LogP contribution in [0.5, 0.6) is 0 Å². The Morgan fingerprint density at radius 3 is 2.41 bits per heavy atom. The molecule has 0 aromatic heterocycles. The fourth-order valence-electron chi connectivity index (χ4n) is 2.12. The molecule has 0 aromatic rings. The summed E-state index contributed by atoms with van der Waals surface area (Å²) in [7, 11) is 0. The predicted octanol–water partition coefficient (Wildman–Crippen LogP) is 0.670. The van der Waals surface area contributed by atoms with Crippen molar-refractivity contribution in [1.82, 2.24) is 10.2 Å². The van der Waals surface area contributed by atoms with E-state index in [0.29, 0.717) is 12.6 Å². The number of carbonyl (C=O) groups excluding carboxylic acids is 1. The van der Waals surface area contributed by atoms with Crippen LogP contribution < -0.4 is 5.32 Å². The number of cyclic esters (lactones) is 1. The van der Waals surface area contributed by atoms with Crippen LogP contribution in [0.1, 0.15) is 26.7 Å². The Hall–Kier alpha value is -1.30. The number of amides is 1. The van der Waals surface area contributed by atoms with E-state index in [2.05, 4.69) is 5.32 Å². The summed E-state index contributed by atoms with van der Waals surface area (Å²) in [5.41, 5.74) is 0. The molecule has 2 fully saturated rings. The molecule has 17 heavy (non-hydrogen) atoms. The molecule has 2 aliphatic heterocycles. The van der Waals surface area contributed by atoms with Gasteiger partial charge in [0.05, 0.1) is 6.04 Å². The topological polar surface area (TPSA) is 78.9 Å². The molecule has 0 unspecified atom stereocenters. The molecule has 1 amide bonds. The number of piperidine rings is 1. The Morgan fingerprint density at radius 2 is 2.00 bits per heavy atom. The number of hydrogen-bond acceptors (Lipinski definition) is 4. The average Bonchev–Trinajstić information content (AvgIpc) is 2.59. The monoisotopic (exact) mass is 244 g/mol. The third kappa shape index (κ3) is 4.22. The van der Waals surface area contributed by atoms with Gasteiger partial charge in [0.1, 0.15) is 6.61 Å². The number of carbonyl (C=O) groups is 2. The summed E-state index contributed by atoms with van der Waals surface area (Å²) in [4.78, 5) is 22.3. The lowest BCUT2D eigenvalue weighted by Gasteiger charge is -2.32. The van der Waals surface area contributed by atoms with Crippen LogP contribution in [-0.4, -0.2) is 53.8 Å². The molecule has 2 heterocycles. The van der Waals surface area contributed by atoms with E-state index in [0.717, 1.165) is 32.9 Å². The first kappa shape index (κ1) is 13.8. The number of carboxylic acids is 1. The molecule has 2 saturated heterocycles. The molecule has 98 valence electrons. The summed E-state index contributed by atoms with van der Waals surface area (Å²) in [5.74, 6) is -0.833.